The van der Waals surface area contributed by atoms with Gasteiger partial charge in [0.1, 0.15) is 5.82 Å². The van der Waals surface area contributed by atoms with Gasteiger partial charge in [-0.3, -0.25) is 0 Å². The monoisotopic (exact) mass is 241 g/mol. The van der Waals surface area contributed by atoms with E-state index in [4.69, 9.17) is 22.6 Å². The van der Waals surface area contributed by atoms with Gasteiger partial charge in [-0.15, -0.1) is 0 Å². The van der Waals surface area contributed by atoms with Crippen molar-refractivity contribution in [3.05, 3.63) is 23.0 Å². The molecule has 0 aliphatic rings. The zero-order valence-electron chi connectivity index (χ0n) is 9.17. The number of nitrogens with zero attached hydrogens (tertiary/aromatic N) is 2. The summed E-state index contributed by atoms with van der Waals surface area (Å²) in [6.45, 7) is 1.89. The first kappa shape index (κ1) is 12.6. The van der Waals surface area contributed by atoms with Gasteiger partial charge in [0.2, 0.25) is 0 Å². The first-order valence-corrected chi connectivity index (χ1v) is 5.19. The predicted octanol–water partition coefficient (Wildman–Crippen LogP) is 2.80. The summed E-state index contributed by atoms with van der Waals surface area (Å²) in [5, 5.41) is 8.63. The van der Waals surface area contributed by atoms with Crippen molar-refractivity contribution in [3.63, 3.8) is 0 Å². The smallest absolute Gasteiger partial charge is 0.143 e. The Morgan fingerprint density at radius 1 is 1.62 bits per heavy atom. The van der Waals surface area contributed by atoms with Crippen LogP contribution >= 0.6 is 11.6 Å². The molecule has 0 aliphatic carbocycles. The third-order valence-corrected chi connectivity index (χ3v) is 2.79. The van der Waals surface area contributed by atoms with Crippen molar-refractivity contribution < 1.29 is 4.39 Å². The van der Waals surface area contributed by atoms with E-state index in [0.29, 0.717) is 17.8 Å². The summed E-state index contributed by atoms with van der Waals surface area (Å²) in [6, 6.07) is 4.73. The van der Waals surface area contributed by atoms with Gasteiger partial charge in [0.25, 0.3) is 0 Å². The van der Waals surface area contributed by atoms with Crippen LogP contribution < -0.4 is 10.6 Å². The van der Waals surface area contributed by atoms with E-state index in [9.17, 15) is 4.39 Å². The standard InChI is InChI=1S/C11H13ClFN3/c1-7(3-4-14)16(2)11-5-8(12)9(13)6-10(11)15/h5-7H,3,15H2,1-2H3. The van der Waals surface area contributed by atoms with Crippen molar-refractivity contribution in [1.82, 2.24) is 0 Å². The lowest BCUT2D eigenvalue weighted by molar-refractivity contribution is 0.628. The lowest BCUT2D eigenvalue weighted by atomic mass is 10.1. The third kappa shape index (κ3) is 2.56. The van der Waals surface area contributed by atoms with Gasteiger partial charge in [-0.05, 0) is 13.0 Å². The van der Waals surface area contributed by atoms with Gasteiger partial charge < -0.3 is 10.6 Å². The van der Waals surface area contributed by atoms with Crippen LogP contribution in [0.1, 0.15) is 13.3 Å². The molecule has 0 fully saturated rings. The fourth-order valence-corrected chi connectivity index (χ4v) is 1.52. The Bertz CT molecular complexity index is 428. The summed E-state index contributed by atoms with van der Waals surface area (Å²) in [5.41, 5.74) is 6.65. The lowest BCUT2D eigenvalue weighted by Crippen LogP contribution is -2.29. The van der Waals surface area contributed by atoms with Gasteiger partial charge in [-0.2, -0.15) is 5.26 Å². The Balaban J connectivity index is 3.04. The Hall–Kier alpha value is -1.47. The van der Waals surface area contributed by atoms with E-state index in [0.717, 1.165) is 0 Å². The van der Waals surface area contributed by atoms with Crippen LogP contribution in [-0.2, 0) is 0 Å². The number of anilines is 2. The lowest BCUT2D eigenvalue weighted by Gasteiger charge is -2.26. The normalized spacial score (nSPS) is 11.9. The zero-order chi connectivity index (χ0) is 12.3. The average molecular weight is 242 g/mol. The van der Waals surface area contributed by atoms with Crippen molar-refractivity contribution in [2.75, 3.05) is 17.7 Å². The summed E-state index contributed by atoms with van der Waals surface area (Å²) in [4.78, 5) is 1.81. The van der Waals surface area contributed by atoms with Crippen LogP contribution in [0.4, 0.5) is 15.8 Å². The zero-order valence-corrected chi connectivity index (χ0v) is 9.92. The molecule has 1 rings (SSSR count). The van der Waals surface area contributed by atoms with Crippen molar-refractivity contribution in [2.24, 2.45) is 0 Å². The van der Waals surface area contributed by atoms with E-state index in [-0.39, 0.29) is 11.1 Å². The molecular weight excluding hydrogens is 229 g/mol. The van der Waals surface area contributed by atoms with E-state index in [2.05, 4.69) is 6.07 Å². The minimum absolute atomic E-state index is 0.00571. The highest BCUT2D eigenvalue weighted by Gasteiger charge is 2.14. The van der Waals surface area contributed by atoms with Crippen LogP contribution in [0, 0.1) is 17.1 Å². The van der Waals surface area contributed by atoms with Crippen molar-refractivity contribution >= 4 is 23.0 Å². The Morgan fingerprint density at radius 3 is 2.81 bits per heavy atom. The molecular formula is C11H13ClFN3. The number of nitrogens with two attached hydrogens (primary N) is 1. The molecule has 3 nitrogen and oxygen atoms in total. The predicted molar refractivity (Wildman–Crippen MR) is 63.9 cm³/mol. The quantitative estimate of drug-likeness (QED) is 0.828. The van der Waals surface area contributed by atoms with Gasteiger partial charge in [0.15, 0.2) is 0 Å². The molecule has 1 unspecified atom stereocenters. The fourth-order valence-electron chi connectivity index (χ4n) is 1.36. The number of hydrogen-bond donors (Lipinski definition) is 1. The second-order valence-electron chi connectivity index (χ2n) is 3.65. The number of rotatable bonds is 3. The maximum Gasteiger partial charge on any atom is 0.143 e. The molecule has 0 aromatic heterocycles. The first-order chi connectivity index (χ1) is 7.47. The number of hydrogen-bond acceptors (Lipinski definition) is 3. The minimum atomic E-state index is -0.538. The molecule has 0 heterocycles. The van der Waals surface area contributed by atoms with Crippen molar-refractivity contribution in [1.29, 1.82) is 5.26 Å². The molecule has 5 heteroatoms. The van der Waals surface area contributed by atoms with Crippen molar-refractivity contribution in [3.8, 4) is 6.07 Å². The SMILES string of the molecule is CC(CC#N)N(C)c1cc(Cl)c(F)cc1N. The Morgan fingerprint density at radius 2 is 2.25 bits per heavy atom. The van der Waals surface area contributed by atoms with E-state index in [1.807, 2.05) is 11.8 Å². The first-order valence-electron chi connectivity index (χ1n) is 4.81. The highest BCUT2D eigenvalue weighted by Crippen LogP contribution is 2.30. The molecule has 0 spiro atoms. The molecule has 1 atom stereocenters. The van der Waals surface area contributed by atoms with Crippen LogP contribution in [-0.4, -0.2) is 13.1 Å². The van der Waals surface area contributed by atoms with Crippen LogP contribution in [0.3, 0.4) is 0 Å². The van der Waals surface area contributed by atoms with E-state index in [1.54, 1.807) is 7.05 Å². The van der Waals surface area contributed by atoms with E-state index in [1.165, 1.54) is 12.1 Å². The van der Waals surface area contributed by atoms with Gasteiger partial charge in [0, 0.05) is 19.2 Å². The summed E-state index contributed by atoms with van der Waals surface area (Å²) >= 11 is 5.69. The molecule has 0 aliphatic heterocycles. The topological polar surface area (TPSA) is 53.0 Å². The van der Waals surface area contributed by atoms with Crippen LogP contribution in [0.5, 0.6) is 0 Å². The Labute approximate surface area is 99.2 Å². The summed E-state index contributed by atoms with van der Waals surface area (Å²) < 4.78 is 13.1. The third-order valence-electron chi connectivity index (χ3n) is 2.50. The van der Waals surface area contributed by atoms with Crippen LogP contribution in [0.15, 0.2) is 12.1 Å². The number of nitrogen functional groups attached to an aromatic ring is 1. The largest absolute Gasteiger partial charge is 0.397 e. The molecule has 86 valence electrons. The molecule has 16 heavy (non-hydrogen) atoms. The molecule has 0 saturated carbocycles. The molecule has 1 aromatic rings. The van der Waals surface area contributed by atoms with Crippen LogP contribution in [0.2, 0.25) is 5.02 Å². The van der Waals surface area contributed by atoms with Gasteiger partial charge in [0.05, 0.1) is 28.9 Å². The number of benzene rings is 1. The molecule has 0 bridgehead atoms. The Kier molecular flexibility index (Phi) is 3.97. The maximum absolute atomic E-state index is 13.1. The van der Waals surface area contributed by atoms with Gasteiger partial charge in [-0.25, -0.2) is 4.39 Å². The molecule has 0 amide bonds. The molecule has 0 saturated heterocycles. The van der Waals surface area contributed by atoms with Gasteiger partial charge in [-0.1, -0.05) is 11.6 Å². The summed E-state index contributed by atoms with van der Waals surface area (Å²) in [6.07, 6.45) is 0.366. The molecule has 2 N–H and O–H groups in total. The average Bonchev–Trinajstić information content (AvgIpc) is 2.23. The van der Waals surface area contributed by atoms with E-state index >= 15 is 0 Å². The van der Waals surface area contributed by atoms with Crippen LogP contribution in [0.25, 0.3) is 0 Å². The van der Waals surface area contributed by atoms with E-state index < -0.39 is 5.82 Å². The van der Waals surface area contributed by atoms with Gasteiger partial charge >= 0.3 is 0 Å². The number of halogens is 2. The highest BCUT2D eigenvalue weighted by molar-refractivity contribution is 6.31. The maximum atomic E-state index is 13.1. The molecule has 1 aromatic carbocycles. The fraction of sp³-hybridized carbons (Fsp3) is 0.364. The second kappa shape index (κ2) is 5.04. The minimum Gasteiger partial charge on any atom is -0.397 e. The molecule has 0 radical (unpaired) electrons. The summed E-state index contributed by atoms with van der Waals surface area (Å²) in [7, 11) is 1.79. The second-order valence-corrected chi connectivity index (χ2v) is 4.05. The van der Waals surface area contributed by atoms with Crippen molar-refractivity contribution in [2.45, 2.75) is 19.4 Å². The summed E-state index contributed by atoms with van der Waals surface area (Å²) in [5.74, 6) is -0.538. The highest BCUT2D eigenvalue weighted by atomic mass is 35.5. The number of nitriles is 1.